The predicted molar refractivity (Wildman–Crippen MR) is 177 cm³/mol. The van der Waals surface area contributed by atoms with Crippen molar-refractivity contribution in [3.05, 3.63) is 42.5 Å². The van der Waals surface area contributed by atoms with Gasteiger partial charge in [-0.1, -0.05) is 6.58 Å². The van der Waals surface area contributed by atoms with Crippen LogP contribution >= 0.6 is 0 Å². The van der Waals surface area contributed by atoms with Crippen molar-refractivity contribution in [3.63, 3.8) is 0 Å². The standard InChI is InChI=1S/C34H56O15/c1-2-34(36)49-30-28-47-26-24-45-22-20-43-18-16-41-14-12-39-10-8-37-7-9-38-11-13-40-15-17-42-19-21-44-23-25-46-27-29-48-33-5-3-32(31-35)4-6-33/h2-6,31H,1,7-30H2. The van der Waals surface area contributed by atoms with E-state index in [0.717, 1.165) is 12.4 Å². The minimum Gasteiger partial charge on any atom is -0.491 e. The summed E-state index contributed by atoms with van der Waals surface area (Å²) in [5.41, 5.74) is 0.614. The Balaban J connectivity index is 1.63. The van der Waals surface area contributed by atoms with Crippen LogP contribution in [0.3, 0.4) is 0 Å². The Labute approximate surface area is 290 Å². The molecule has 0 radical (unpaired) electrons. The zero-order valence-corrected chi connectivity index (χ0v) is 28.8. The molecule has 1 rings (SSSR count). The summed E-state index contributed by atoms with van der Waals surface area (Å²) < 4.78 is 70.1. The molecule has 282 valence electrons. The van der Waals surface area contributed by atoms with E-state index in [-0.39, 0.29) is 6.61 Å². The number of carbonyl (C=O) groups excluding carboxylic acids is 2. The highest BCUT2D eigenvalue weighted by molar-refractivity contribution is 5.81. The summed E-state index contributed by atoms with van der Waals surface area (Å²) in [7, 11) is 0. The maximum Gasteiger partial charge on any atom is 0.330 e. The third-order valence-electron chi connectivity index (χ3n) is 5.87. The maximum absolute atomic E-state index is 10.8. The Morgan fingerprint density at radius 3 is 0.959 bits per heavy atom. The Bertz CT molecular complexity index is 872. The molecule has 0 spiro atoms. The first-order chi connectivity index (χ1) is 24.3. The largest absolute Gasteiger partial charge is 0.491 e. The lowest BCUT2D eigenvalue weighted by molar-refractivity contribution is -0.139. The average Bonchev–Trinajstić information content (AvgIpc) is 3.13. The van der Waals surface area contributed by atoms with Gasteiger partial charge in [-0.2, -0.15) is 0 Å². The summed E-state index contributed by atoms with van der Waals surface area (Å²) in [4.78, 5) is 21.5. The molecule has 1 aromatic carbocycles. The van der Waals surface area contributed by atoms with Crippen molar-refractivity contribution in [2.45, 2.75) is 0 Å². The first-order valence-corrected chi connectivity index (χ1v) is 16.6. The molecule has 15 heteroatoms. The number of aldehydes is 1. The van der Waals surface area contributed by atoms with Crippen LogP contribution in [-0.2, 0) is 61.6 Å². The molecule has 0 saturated carbocycles. The fourth-order valence-electron chi connectivity index (χ4n) is 3.42. The number of ether oxygens (including phenoxy) is 13. The lowest BCUT2D eigenvalue weighted by Gasteiger charge is -2.09. The average molecular weight is 705 g/mol. The van der Waals surface area contributed by atoms with E-state index < -0.39 is 5.97 Å². The zero-order chi connectivity index (χ0) is 35.1. The number of hydrogen-bond donors (Lipinski definition) is 0. The van der Waals surface area contributed by atoms with Crippen LogP contribution < -0.4 is 4.74 Å². The molecule has 0 amide bonds. The van der Waals surface area contributed by atoms with Crippen molar-refractivity contribution < 1.29 is 71.2 Å². The highest BCUT2D eigenvalue weighted by Gasteiger charge is 1.98. The molecule has 0 aliphatic heterocycles. The molecular weight excluding hydrogens is 648 g/mol. The quantitative estimate of drug-likeness (QED) is 0.0423. The third kappa shape index (κ3) is 32.4. The molecule has 0 fully saturated rings. The SMILES string of the molecule is C=CC(=O)OCCOCCOCCOCCOCCOCCOCCOCCOCCOCCOCCOCCOc1ccc(C=O)cc1. The van der Waals surface area contributed by atoms with Gasteiger partial charge in [0.15, 0.2) is 0 Å². The minimum atomic E-state index is -0.463. The molecule has 0 unspecified atom stereocenters. The van der Waals surface area contributed by atoms with Crippen molar-refractivity contribution in [2.24, 2.45) is 0 Å². The topological polar surface area (TPSA) is 154 Å². The van der Waals surface area contributed by atoms with E-state index in [1.54, 1.807) is 24.3 Å². The van der Waals surface area contributed by atoms with Gasteiger partial charge in [0.25, 0.3) is 0 Å². The van der Waals surface area contributed by atoms with Gasteiger partial charge in [0.1, 0.15) is 25.2 Å². The first-order valence-electron chi connectivity index (χ1n) is 16.6. The van der Waals surface area contributed by atoms with Gasteiger partial charge in [0.2, 0.25) is 0 Å². The van der Waals surface area contributed by atoms with E-state index >= 15 is 0 Å². The van der Waals surface area contributed by atoms with Gasteiger partial charge >= 0.3 is 5.97 Å². The summed E-state index contributed by atoms with van der Waals surface area (Å²) in [5.74, 6) is 0.237. The molecule has 0 heterocycles. The summed E-state index contributed by atoms with van der Waals surface area (Å²) in [5, 5.41) is 0. The summed E-state index contributed by atoms with van der Waals surface area (Å²) in [6.45, 7) is 14.2. The van der Waals surface area contributed by atoms with E-state index in [9.17, 15) is 9.59 Å². The monoisotopic (exact) mass is 704 g/mol. The fraction of sp³-hybridized carbons (Fsp3) is 0.706. The minimum absolute atomic E-state index is 0.194. The van der Waals surface area contributed by atoms with E-state index in [0.29, 0.717) is 163 Å². The Morgan fingerprint density at radius 1 is 0.429 bits per heavy atom. The van der Waals surface area contributed by atoms with Crippen LogP contribution in [-0.4, -0.2) is 171 Å². The molecule has 1 aromatic rings. The van der Waals surface area contributed by atoms with Gasteiger partial charge < -0.3 is 61.6 Å². The normalized spacial score (nSPS) is 11.1. The molecule has 15 nitrogen and oxygen atoms in total. The van der Waals surface area contributed by atoms with Gasteiger partial charge in [0, 0.05) is 11.6 Å². The van der Waals surface area contributed by atoms with Crippen LogP contribution in [0.4, 0.5) is 0 Å². The summed E-state index contributed by atoms with van der Waals surface area (Å²) in [6.07, 6.45) is 1.91. The van der Waals surface area contributed by atoms with Gasteiger partial charge in [-0.05, 0) is 24.3 Å². The molecule has 0 N–H and O–H groups in total. The van der Waals surface area contributed by atoms with Crippen molar-refractivity contribution >= 4 is 12.3 Å². The van der Waals surface area contributed by atoms with Crippen molar-refractivity contribution in [2.75, 3.05) is 159 Å². The van der Waals surface area contributed by atoms with Crippen LogP contribution in [0.1, 0.15) is 10.4 Å². The Morgan fingerprint density at radius 2 is 0.694 bits per heavy atom. The number of carbonyl (C=O) groups is 2. The second-order valence-corrected chi connectivity index (χ2v) is 9.64. The molecule has 0 atom stereocenters. The number of benzene rings is 1. The van der Waals surface area contributed by atoms with Crippen LogP contribution in [0, 0.1) is 0 Å². The molecule has 0 aliphatic carbocycles. The van der Waals surface area contributed by atoms with E-state index in [2.05, 4.69) is 6.58 Å². The number of hydrogen-bond acceptors (Lipinski definition) is 15. The fourth-order valence-corrected chi connectivity index (χ4v) is 3.42. The maximum atomic E-state index is 10.8. The lowest BCUT2D eigenvalue weighted by atomic mass is 10.2. The second kappa shape index (κ2) is 36.7. The van der Waals surface area contributed by atoms with Gasteiger partial charge in [-0.25, -0.2) is 4.79 Å². The van der Waals surface area contributed by atoms with E-state index in [1.807, 2.05) is 0 Å². The zero-order valence-electron chi connectivity index (χ0n) is 28.8. The molecule has 0 aromatic heterocycles. The smallest absolute Gasteiger partial charge is 0.330 e. The van der Waals surface area contributed by atoms with Crippen molar-refractivity contribution in [1.82, 2.24) is 0 Å². The van der Waals surface area contributed by atoms with Crippen molar-refractivity contribution in [3.8, 4) is 5.75 Å². The molecule has 49 heavy (non-hydrogen) atoms. The predicted octanol–water partition coefficient (Wildman–Crippen LogP) is 1.79. The lowest BCUT2D eigenvalue weighted by Crippen LogP contribution is -2.15. The Hall–Kier alpha value is -2.54. The highest BCUT2D eigenvalue weighted by Crippen LogP contribution is 2.10. The van der Waals surface area contributed by atoms with Crippen molar-refractivity contribution in [1.29, 1.82) is 0 Å². The molecule has 0 aliphatic rings. The highest BCUT2D eigenvalue weighted by atomic mass is 16.6. The van der Waals surface area contributed by atoms with Crippen LogP contribution in [0.25, 0.3) is 0 Å². The van der Waals surface area contributed by atoms with Gasteiger partial charge in [-0.15, -0.1) is 0 Å². The Kier molecular flexibility index (Phi) is 33.3. The second-order valence-electron chi connectivity index (χ2n) is 9.64. The number of esters is 1. The molecular formula is C34H56O15. The molecule has 0 bridgehead atoms. The van der Waals surface area contributed by atoms with Crippen LogP contribution in [0.15, 0.2) is 36.9 Å². The van der Waals surface area contributed by atoms with Gasteiger partial charge in [-0.3, -0.25) is 4.79 Å². The van der Waals surface area contributed by atoms with Gasteiger partial charge in [0.05, 0.1) is 145 Å². The van der Waals surface area contributed by atoms with Crippen LogP contribution in [0.2, 0.25) is 0 Å². The third-order valence-corrected chi connectivity index (χ3v) is 5.87. The van der Waals surface area contributed by atoms with Crippen LogP contribution in [0.5, 0.6) is 5.75 Å². The van der Waals surface area contributed by atoms with E-state index in [1.165, 1.54) is 0 Å². The summed E-state index contributed by atoms with van der Waals surface area (Å²) >= 11 is 0. The van der Waals surface area contributed by atoms with E-state index in [4.69, 9.17) is 61.6 Å². The molecule has 0 saturated heterocycles. The number of rotatable bonds is 39. The summed E-state index contributed by atoms with van der Waals surface area (Å²) in [6, 6.07) is 6.92. The first kappa shape index (κ1) is 44.5.